The SMILES string of the molecule is COC(=O)N1CCN(CCNS(=O)(=O)Cc2cccc(F)c2)CC1. The van der Waals surface area contributed by atoms with Crippen LogP contribution >= 0.6 is 0 Å². The van der Waals surface area contributed by atoms with Crippen LogP contribution in [0, 0.1) is 5.82 Å². The van der Waals surface area contributed by atoms with Crippen molar-refractivity contribution in [2.24, 2.45) is 0 Å². The van der Waals surface area contributed by atoms with E-state index in [1.807, 2.05) is 0 Å². The quantitative estimate of drug-likeness (QED) is 0.806. The summed E-state index contributed by atoms with van der Waals surface area (Å²) in [6.07, 6.45) is -0.342. The summed E-state index contributed by atoms with van der Waals surface area (Å²) in [6, 6.07) is 5.55. The van der Waals surface area contributed by atoms with E-state index < -0.39 is 15.8 Å². The number of sulfonamides is 1. The topological polar surface area (TPSA) is 79.0 Å². The molecule has 0 aliphatic carbocycles. The number of carbonyl (C=O) groups is 1. The van der Waals surface area contributed by atoms with Crippen LogP contribution in [0.3, 0.4) is 0 Å². The van der Waals surface area contributed by atoms with Gasteiger partial charge in [-0.15, -0.1) is 0 Å². The Bertz CT molecular complexity index is 660. The molecule has 9 heteroatoms. The number of carbonyl (C=O) groups excluding carboxylic acids is 1. The third-order valence-electron chi connectivity index (χ3n) is 3.80. The lowest BCUT2D eigenvalue weighted by Crippen LogP contribution is -2.50. The summed E-state index contributed by atoms with van der Waals surface area (Å²) in [7, 11) is -2.16. The first kappa shape index (κ1) is 18.6. The Hall–Kier alpha value is -1.71. The molecule has 134 valence electrons. The van der Waals surface area contributed by atoms with Gasteiger partial charge in [-0.05, 0) is 17.7 Å². The molecule has 1 aliphatic rings. The maximum Gasteiger partial charge on any atom is 0.409 e. The molecule has 0 saturated carbocycles. The molecule has 1 N–H and O–H groups in total. The molecule has 1 heterocycles. The summed E-state index contributed by atoms with van der Waals surface area (Å²) >= 11 is 0. The van der Waals surface area contributed by atoms with Crippen molar-refractivity contribution in [1.82, 2.24) is 14.5 Å². The molecule has 1 saturated heterocycles. The predicted octanol–water partition coefficient (Wildman–Crippen LogP) is 0.629. The van der Waals surface area contributed by atoms with Gasteiger partial charge in [-0.3, -0.25) is 4.90 Å². The minimum Gasteiger partial charge on any atom is -0.453 e. The molecule has 0 radical (unpaired) electrons. The van der Waals surface area contributed by atoms with Crippen LogP contribution in [0.25, 0.3) is 0 Å². The first-order chi connectivity index (χ1) is 11.4. The molecule has 0 aromatic heterocycles. The van der Waals surface area contributed by atoms with Gasteiger partial charge in [0.1, 0.15) is 5.82 Å². The minimum absolute atomic E-state index is 0.249. The van der Waals surface area contributed by atoms with Crippen LogP contribution in [0.4, 0.5) is 9.18 Å². The second kappa shape index (κ2) is 8.41. The number of hydrogen-bond acceptors (Lipinski definition) is 5. The highest BCUT2D eigenvalue weighted by Crippen LogP contribution is 2.07. The van der Waals surface area contributed by atoms with Gasteiger partial charge in [0, 0.05) is 39.3 Å². The van der Waals surface area contributed by atoms with Gasteiger partial charge in [0.25, 0.3) is 0 Å². The van der Waals surface area contributed by atoms with E-state index in [2.05, 4.69) is 14.4 Å². The second-order valence-corrected chi connectivity index (χ2v) is 7.39. The molecule has 7 nitrogen and oxygen atoms in total. The van der Waals surface area contributed by atoms with Crippen molar-refractivity contribution in [2.45, 2.75) is 5.75 Å². The molecule has 1 amide bonds. The number of hydrogen-bond donors (Lipinski definition) is 1. The molecule has 1 aromatic carbocycles. The van der Waals surface area contributed by atoms with Gasteiger partial charge >= 0.3 is 6.09 Å². The Morgan fingerprint density at radius 1 is 1.29 bits per heavy atom. The third-order valence-corrected chi connectivity index (χ3v) is 5.16. The van der Waals surface area contributed by atoms with Crippen molar-refractivity contribution in [3.05, 3.63) is 35.6 Å². The lowest BCUT2D eigenvalue weighted by Gasteiger charge is -2.33. The van der Waals surface area contributed by atoms with E-state index in [0.29, 0.717) is 38.3 Å². The summed E-state index contributed by atoms with van der Waals surface area (Å²) in [5.74, 6) is -0.702. The Morgan fingerprint density at radius 2 is 2.00 bits per heavy atom. The molecular formula is C15H22FN3O4S. The minimum atomic E-state index is -3.51. The maximum absolute atomic E-state index is 13.1. The number of nitrogens with one attached hydrogen (secondary N) is 1. The Morgan fingerprint density at radius 3 is 2.62 bits per heavy atom. The normalized spacial score (nSPS) is 16.2. The zero-order valence-corrected chi connectivity index (χ0v) is 14.4. The van der Waals surface area contributed by atoms with E-state index in [1.165, 1.54) is 25.3 Å². The van der Waals surface area contributed by atoms with Crippen LogP contribution in [0.2, 0.25) is 0 Å². The van der Waals surface area contributed by atoms with Crippen molar-refractivity contribution in [1.29, 1.82) is 0 Å². The van der Waals surface area contributed by atoms with Gasteiger partial charge in [0.2, 0.25) is 10.0 Å². The number of rotatable bonds is 6. The van der Waals surface area contributed by atoms with Gasteiger partial charge in [0.05, 0.1) is 12.9 Å². The van der Waals surface area contributed by atoms with Gasteiger partial charge in [-0.1, -0.05) is 12.1 Å². The molecule has 1 aromatic rings. The fraction of sp³-hybridized carbons (Fsp3) is 0.533. The summed E-state index contributed by atoms with van der Waals surface area (Å²) in [4.78, 5) is 15.1. The average molecular weight is 359 g/mol. The number of ether oxygens (including phenoxy) is 1. The standard InChI is InChI=1S/C15H22FN3O4S/c1-23-15(20)19-9-7-18(8-10-19)6-5-17-24(21,22)12-13-3-2-4-14(16)11-13/h2-4,11,17H,5-10,12H2,1H3. The Balaban J connectivity index is 1.73. The summed E-state index contributed by atoms with van der Waals surface area (Å²) in [5.41, 5.74) is 0.411. The summed E-state index contributed by atoms with van der Waals surface area (Å²) in [6.45, 7) is 3.28. The molecule has 0 unspecified atom stereocenters. The highest BCUT2D eigenvalue weighted by atomic mass is 32.2. The molecule has 0 bridgehead atoms. The molecule has 2 rings (SSSR count). The zero-order chi connectivity index (χ0) is 17.6. The van der Waals surface area contributed by atoms with Crippen LogP contribution in [-0.4, -0.2) is 70.7 Å². The van der Waals surface area contributed by atoms with Crippen molar-refractivity contribution >= 4 is 16.1 Å². The number of benzene rings is 1. The van der Waals surface area contributed by atoms with Crippen LogP contribution < -0.4 is 4.72 Å². The van der Waals surface area contributed by atoms with Crippen molar-refractivity contribution in [3.63, 3.8) is 0 Å². The van der Waals surface area contributed by atoms with Gasteiger partial charge in [0.15, 0.2) is 0 Å². The average Bonchev–Trinajstić information content (AvgIpc) is 2.54. The third kappa shape index (κ3) is 5.73. The van der Waals surface area contributed by atoms with Crippen molar-refractivity contribution < 1.29 is 22.3 Å². The number of methoxy groups -OCH3 is 1. The van der Waals surface area contributed by atoms with E-state index in [0.717, 1.165) is 0 Å². The predicted molar refractivity (Wildman–Crippen MR) is 87.4 cm³/mol. The Kier molecular flexibility index (Phi) is 6.52. The fourth-order valence-electron chi connectivity index (χ4n) is 2.54. The highest BCUT2D eigenvalue weighted by molar-refractivity contribution is 7.88. The summed E-state index contributed by atoms with van der Waals surface area (Å²) < 4.78 is 44.3. The van der Waals surface area contributed by atoms with E-state index in [-0.39, 0.29) is 18.4 Å². The van der Waals surface area contributed by atoms with Crippen LogP contribution in [0.1, 0.15) is 5.56 Å². The lowest BCUT2D eigenvalue weighted by atomic mass is 10.2. The lowest BCUT2D eigenvalue weighted by molar-refractivity contribution is 0.0918. The Labute approximate surface area is 141 Å². The molecule has 24 heavy (non-hydrogen) atoms. The first-order valence-corrected chi connectivity index (χ1v) is 9.32. The van der Waals surface area contributed by atoms with Crippen LogP contribution in [0.15, 0.2) is 24.3 Å². The van der Waals surface area contributed by atoms with E-state index >= 15 is 0 Å². The number of piperazine rings is 1. The smallest absolute Gasteiger partial charge is 0.409 e. The van der Waals surface area contributed by atoms with Gasteiger partial charge in [-0.2, -0.15) is 0 Å². The second-order valence-electron chi connectivity index (χ2n) is 5.58. The van der Waals surface area contributed by atoms with Crippen LogP contribution in [-0.2, 0) is 20.5 Å². The first-order valence-electron chi connectivity index (χ1n) is 7.66. The van der Waals surface area contributed by atoms with Crippen molar-refractivity contribution in [3.8, 4) is 0 Å². The van der Waals surface area contributed by atoms with E-state index in [1.54, 1.807) is 11.0 Å². The van der Waals surface area contributed by atoms with Crippen LogP contribution in [0.5, 0.6) is 0 Å². The van der Waals surface area contributed by atoms with E-state index in [4.69, 9.17) is 0 Å². The molecule has 0 spiro atoms. The number of halogens is 1. The maximum atomic E-state index is 13.1. The molecule has 1 aliphatic heterocycles. The largest absolute Gasteiger partial charge is 0.453 e. The van der Waals surface area contributed by atoms with Gasteiger partial charge < -0.3 is 9.64 Å². The number of amides is 1. The highest BCUT2D eigenvalue weighted by Gasteiger charge is 2.21. The zero-order valence-electron chi connectivity index (χ0n) is 13.6. The van der Waals surface area contributed by atoms with Gasteiger partial charge in [-0.25, -0.2) is 22.3 Å². The monoisotopic (exact) mass is 359 g/mol. The fourth-order valence-corrected chi connectivity index (χ4v) is 3.66. The molecular weight excluding hydrogens is 337 g/mol. The number of nitrogens with zero attached hydrogens (tertiary/aromatic N) is 2. The summed E-state index contributed by atoms with van der Waals surface area (Å²) in [5, 5.41) is 0. The van der Waals surface area contributed by atoms with E-state index in [9.17, 15) is 17.6 Å². The molecule has 1 fully saturated rings. The molecule has 0 atom stereocenters. The van der Waals surface area contributed by atoms with Crippen molar-refractivity contribution in [2.75, 3.05) is 46.4 Å².